The van der Waals surface area contributed by atoms with Gasteiger partial charge in [0.05, 0.1) is 65.3 Å². The molecule has 3 radical (unpaired) electrons. The van der Waals surface area contributed by atoms with Crippen LogP contribution in [0.3, 0.4) is 0 Å². The molecule has 16 rings (SSSR count). The van der Waals surface area contributed by atoms with E-state index in [1.807, 2.05) is 128 Å². The number of aromatic nitrogens is 6. The molecule has 6 aromatic carbocycles. The number of alkyl halides is 12. The minimum absolute atomic E-state index is 0. The van der Waals surface area contributed by atoms with Crippen LogP contribution in [0.25, 0.3) is 82.3 Å². The Balaban J connectivity index is 0.000000255. The van der Waals surface area contributed by atoms with Crippen molar-refractivity contribution in [2.45, 2.75) is 49.6 Å². The quantitative estimate of drug-likeness (QED) is 0.0327. The molecule has 641 valence electrons. The normalized spacial score (nSPS) is 13.6. The molecular weight excluding hydrogens is 2270 g/mol. The van der Waals surface area contributed by atoms with E-state index in [-0.39, 0.29) is 202 Å². The number of aliphatic imine (C=N–C) groups is 2. The summed E-state index contributed by atoms with van der Waals surface area (Å²) in [5, 5.41) is 47.8. The van der Waals surface area contributed by atoms with E-state index in [1.165, 1.54) is 36.4 Å². The van der Waals surface area contributed by atoms with Gasteiger partial charge in [0.15, 0.2) is 17.3 Å². The Morgan fingerprint density at radius 1 is 0.371 bits per heavy atom. The van der Waals surface area contributed by atoms with Gasteiger partial charge in [-0.1, -0.05) is 157 Å². The van der Waals surface area contributed by atoms with Crippen molar-refractivity contribution in [1.82, 2.24) is 29.9 Å². The Hall–Kier alpha value is -7.89. The van der Waals surface area contributed by atoms with E-state index >= 15 is 0 Å². The van der Waals surface area contributed by atoms with Crippen LogP contribution in [0, 0.1) is 168 Å². The SMILES string of the molecule is C1=CCC(C2CC=CC=N2)N=C1.O=C(C=C(O)C(F)(F)F)C(F)(F)F.O=C(C=C(O)C(F)(F)F)c1cccs1.O=C(C=C(O)C(F)(F)F)c1cccs1.O=C(C=C(O)c1ccc(Cl)c(Cl)c1)c1ccc2ccc3ccccc3c2c1.[Ce].[Eu].[Tb].[Tb].c1ccc(-c2ccccn2)nc1.c1cnc2c(c1)ccc1cccnc12.c1cnc2c(c1)ccc1cccnc12. The summed E-state index contributed by atoms with van der Waals surface area (Å²) in [6.45, 7) is 0. The first-order valence-electron chi connectivity index (χ1n) is 35.1. The summed E-state index contributed by atoms with van der Waals surface area (Å²) in [5.41, 5.74) is 6.68. The summed E-state index contributed by atoms with van der Waals surface area (Å²) in [6, 6.07) is 64.9. The molecule has 0 fully saturated rings. The maximum atomic E-state index is 12.7. The van der Waals surface area contributed by atoms with Crippen LogP contribution in [0.15, 0.2) is 330 Å². The smallest absolute Gasteiger partial charge is 0.454 e. The van der Waals surface area contributed by atoms with Gasteiger partial charge in [0.2, 0.25) is 17.3 Å². The number of hydrogen-bond acceptors (Lipinski definition) is 18. The second-order valence-electron chi connectivity index (χ2n) is 24.8. The van der Waals surface area contributed by atoms with E-state index in [0.29, 0.717) is 33.3 Å². The number of benzene rings is 6. The standard InChI is InChI=1S/C23H14Cl2O2.2C12H8N2.C10H12N2.C10H8N2.2C8H5F3O2S.C5H2F6O2.Ce.Eu.2Tb/c24-20-10-9-17(12-21(20)25)23(27)13-22(26)16-8-7-15-6-5-14-3-1-2-4-18(14)19(15)11-16;2*1-3-9-5-6-10-4-2-8-14-12(10)11(9)13-7-1;2*1-3-7-11-9(5-1)10-6-2-4-8-12-10;2*9-8(10,11)7(13)4-5(12)6-2-1-3-14-6;6-4(7,8)2(12)1-3(13)5(9,10)11;;;;/h1-13,27H;2*1-8H;1-4,7-10H,5-6H2;1-8H;2*1-4,13H;1,12H;;;;. The predicted octanol–water partition coefficient (Wildman–Crippen LogP) is 24.6. The largest absolute Gasteiger partial charge is 0.507 e. The van der Waals surface area contributed by atoms with Crippen LogP contribution in [-0.4, -0.2) is 123 Å². The Kier molecular flexibility index (Phi) is 44.5. The molecule has 0 spiro atoms. The molecule has 16 nitrogen and oxygen atoms in total. The molecule has 2 atom stereocenters. The summed E-state index contributed by atoms with van der Waals surface area (Å²) in [4.78, 5) is 79.5. The topological polar surface area (TPSA) is 251 Å². The third kappa shape index (κ3) is 33.1. The predicted molar refractivity (Wildman–Crippen MR) is 445 cm³/mol. The molecule has 2 unspecified atom stereocenters. The molecule has 10 heterocycles. The van der Waals surface area contributed by atoms with Gasteiger partial charge in [0.25, 0.3) is 5.78 Å². The van der Waals surface area contributed by atoms with Gasteiger partial charge >= 0.3 is 24.7 Å². The van der Waals surface area contributed by atoms with Crippen molar-refractivity contribution in [2.24, 2.45) is 9.98 Å². The minimum Gasteiger partial charge on any atom is -0.507 e. The summed E-state index contributed by atoms with van der Waals surface area (Å²) >= 11 is 13.9. The molecule has 0 aliphatic carbocycles. The Labute approximate surface area is 853 Å². The van der Waals surface area contributed by atoms with Crippen molar-refractivity contribution in [3.63, 3.8) is 0 Å². The number of fused-ring (bicyclic) bond motifs is 9. The van der Waals surface area contributed by atoms with Gasteiger partial charge < -0.3 is 20.4 Å². The second kappa shape index (κ2) is 51.8. The molecular formula is C88H62CeCl2EuF12N8O8S2Tb2. The maximum Gasteiger partial charge on any atom is 0.454 e. The van der Waals surface area contributed by atoms with Crippen molar-refractivity contribution in [2.75, 3.05) is 0 Å². The molecule has 2 aliphatic heterocycles. The fourth-order valence-corrected chi connectivity index (χ4v) is 12.3. The number of aliphatic hydroxyl groups is 4. The number of halogens is 14. The van der Waals surface area contributed by atoms with Crippen LogP contribution in [0.5, 0.6) is 0 Å². The van der Waals surface area contributed by atoms with Crippen LogP contribution in [-0.2, 0) is 4.79 Å². The number of rotatable bonds is 10. The fourth-order valence-electron chi connectivity index (χ4n) is 10.7. The second-order valence-corrected chi connectivity index (χ2v) is 27.5. The number of aliphatic hydroxyl groups excluding tert-OH is 4. The van der Waals surface area contributed by atoms with Crippen LogP contribution in [0.2, 0.25) is 10.0 Å². The molecule has 0 bridgehead atoms. The molecule has 36 heteroatoms. The van der Waals surface area contributed by atoms with E-state index < -0.39 is 65.4 Å². The number of hydrogen-bond donors (Lipinski definition) is 4. The van der Waals surface area contributed by atoms with Crippen molar-refractivity contribution >= 4 is 152 Å². The number of dihydropyridines is 2. The van der Waals surface area contributed by atoms with E-state index in [2.05, 4.69) is 107 Å². The first-order chi connectivity index (χ1) is 57.2. The average molecular weight is 2330 g/mol. The van der Waals surface area contributed by atoms with Crippen LogP contribution in [0.4, 0.5) is 52.7 Å². The van der Waals surface area contributed by atoms with Gasteiger partial charge in [-0.2, -0.15) is 52.7 Å². The van der Waals surface area contributed by atoms with Gasteiger partial charge in [0.1, 0.15) is 5.76 Å². The molecule has 0 amide bonds. The first-order valence-corrected chi connectivity index (χ1v) is 37.6. The van der Waals surface area contributed by atoms with Gasteiger partial charge in [-0.15, -0.1) is 22.7 Å². The van der Waals surface area contributed by atoms with E-state index in [4.69, 9.17) is 38.5 Å². The van der Waals surface area contributed by atoms with Crippen LogP contribution in [0.1, 0.15) is 48.1 Å². The number of thiophene rings is 2. The molecule has 0 saturated carbocycles. The molecule has 124 heavy (non-hydrogen) atoms. The average Bonchev–Trinajstić information content (AvgIpc) is 1.66. The van der Waals surface area contributed by atoms with Crippen molar-refractivity contribution in [3.8, 4) is 11.4 Å². The van der Waals surface area contributed by atoms with Gasteiger partial charge in [0, 0.05) is 275 Å². The van der Waals surface area contributed by atoms with Crippen molar-refractivity contribution in [1.29, 1.82) is 0 Å². The van der Waals surface area contributed by atoms with E-state index in [0.717, 1.165) is 112 Å². The third-order valence-electron chi connectivity index (χ3n) is 16.5. The molecule has 4 N–H and O–H groups in total. The number of allylic oxidation sites excluding steroid dienone is 9. The number of pyridine rings is 6. The van der Waals surface area contributed by atoms with Gasteiger partial charge in [-0.25, -0.2) is 0 Å². The summed E-state index contributed by atoms with van der Waals surface area (Å²) < 4.78 is 139. The van der Waals surface area contributed by atoms with Crippen LogP contribution < -0.4 is 0 Å². The van der Waals surface area contributed by atoms with Crippen molar-refractivity contribution in [3.05, 3.63) is 351 Å². The van der Waals surface area contributed by atoms with E-state index in [1.54, 1.807) is 66.1 Å². The number of ketones is 4. The monoisotopic (exact) mass is 2330 g/mol. The van der Waals surface area contributed by atoms with E-state index in [9.17, 15) is 77.0 Å². The zero-order chi connectivity index (χ0) is 86.6. The fraction of sp³-hybridized carbons (Fsp3) is 0.0909. The van der Waals surface area contributed by atoms with Crippen LogP contribution >= 0.6 is 45.9 Å². The summed E-state index contributed by atoms with van der Waals surface area (Å²) in [7, 11) is 0. The minimum atomic E-state index is -5.42. The Bertz CT molecular complexity index is 5820. The van der Waals surface area contributed by atoms with Crippen molar-refractivity contribution < 1.29 is 261 Å². The summed E-state index contributed by atoms with van der Waals surface area (Å²) in [6.07, 6.45) is 5.01. The number of carbonyl (C=O) groups excluding carboxylic acids is 4. The molecule has 14 aromatic rings. The number of carbonyl (C=O) groups is 4. The Morgan fingerprint density at radius 3 is 1.10 bits per heavy atom. The number of nitrogens with zero attached hydrogens (tertiary/aromatic N) is 8. The molecule has 8 aromatic heterocycles. The van der Waals surface area contributed by atoms with Gasteiger partial charge in [-0.3, -0.25) is 59.1 Å². The third-order valence-corrected chi connectivity index (χ3v) is 19.0. The zero-order valence-corrected chi connectivity index (χ0v) is 76.2. The molecule has 0 saturated heterocycles. The molecule has 2 aliphatic rings. The zero-order valence-electron chi connectivity index (χ0n) is 63.2. The summed E-state index contributed by atoms with van der Waals surface area (Å²) in [5.74, 6) is -11.2. The Morgan fingerprint density at radius 2 is 0.734 bits per heavy atom. The maximum absolute atomic E-state index is 12.7. The van der Waals surface area contributed by atoms with Gasteiger partial charge in [-0.05, 0) is 142 Å². The first kappa shape index (κ1) is 107.